The van der Waals surface area contributed by atoms with E-state index in [1.54, 1.807) is 36.4 Å². The first-order valence-electron chi connectivity index (χ1n) is 9.92. The lowest BCUT2D eigenvalue weighted by atomic mass is 10.1. The van der Waals surface area contributed by atoms with Crippen molar-refractivity contribution < 1.29 is 23.5 Å². The van der Waals surface area contributed by atoms with E-state index >= 15 is 0 Å². The second-order valence-electron chi connectivity index (χ2n) is 6.99. The number of carbonyl (C=O) groups is 2. The van der Waals surface area contributed by atoms with E-state index in [0.29, 0.717) is 36.0 Å². The zero-order valence-corrected chi connectivity index (χ0v) is 17.0. The molecule has 31 heavy (non-hydrogen) atoms. The molecule has 0 saturated heterocycles. The van der Waals surface area contributed by atoms with E-state index in [1.165, 1.54) is 12.3 Å². The maximum absolute atomic E-state index is 13.0. The van der Waals surface area contributed by atoms with Crippen LogP contribution in [-0.4, -0.2) is 25.0 Å². The summed E-state index contributed by atoms with van der Waals surface area (Å²) >= 11 is 0. The normalized spacial score (nSPS) is 13.9. The van der Waals surface area contributed by atoms with Crippen LogP contribution in [0.2, 0.25) is 0 Å². The molecule has 158 valence electrons. The summed E-state index contributed by atoms with van der Waals surface area (Å²) in [6, 6.07) is 17.3. The molecule has 7 nitrogen and oxygen atoms in total. The SMILES string of the molecule is CC(NC(=O)C(=Cc1ccco1)NC(=O)c1ccccc1)c1ccc2c(c1)OCCO2. The lowest BCUT2D eigenvalue weighted by molar-refractivity contribution is -0.118. The third-order valence-corrected chi connectivity index (χ3v) is 4.77. The van der Waals surface area contributed by atoms with E-state index in [1.807, 2.05) is 31.2 Å². The van der Waals surface area contributed by atoms with Gasteiger partial charge in [-0.1, -0.05) is 24.3 Å². The number of rotatable bonds is 6. The van der Waals surface area contributed by atoms with Crippen molar-refractivity contribution in [2.45, 2.75) is 13.0 Å². The molecule has 0 bridgehead atoms. The maximum Gasteiger partial charge on any atom is 0.268 e. The van der Waals surface area contributed by atoms with Crippen LogP contribution in [0.3, 0.4) is 0 Å². The van der Waals surface area contributed by atoms with Crippen LogP contribution in [-0.2, 0) is 4.79 Å². The van der Waals surface area contributed by atoms with Crippen molar-refractivity contribution in [2.24, 2.45) is 0 Å². The van der Waals surface area contributed by atoms with Gasteiger partial charge in [0, 0.05) is 11.6 Å². The Kier molecular flexibility index (Phi) is 6.03. The molecule has 1 aliphatic rings. The highest BCUT2D eigenvalue weighted by molar-refractivity contribution is 6.05. The number of nitrogens with one attached hydrogen (secondary N) is 2. The van der Waals surface area contributed by atoms with Crippen molar-refractivity contribution in [3.05, 3.63) is 89.5 Å². The van der Waals surface area contributed by atoms with Crippen LogP contribution in [0.25, 0.3) is 6.08 Å². The van der Waals surface area contributed by atoms with Gasteiger partial charge in [-0.2, -0.15) is 0 Å². The Morgan fingerprint density at radius 3 is 2.48 bits per heavy atom. The molecule has 4 rings (SSSR count). The van der Waals surface area contributed by atoms with E-state index in [4.69, 9.17) is 13.9 Å². The summed E-state index contributed by atoms with van der Waals surface area (Å²) in [6.45, 7) is 2.85. The van der Waals surface area contributed by atoms with E-state index in [2.05, 4.69) is 10.6 Å². The molecule has 0 spiro atoms. The first-order valence-corrected chi connectivity index (χ1v) is 9.92. The van der Waals surface area contributed by atoms with Crippen molar-refractivity contribution >= 4 is 17.9 Å². The van der Waals surface area contributed by atoms with Gasteiger partial charge >= 0.3 is 0 Å². The van der Waals surface area contributed by atoms with Gasteiger partial charge in [0.15, 0.2) is 11.5 Å². The monoisotopic (exact) mass is 418 g/mol. The Morgan fingerprint density at radius 2 is 1.74 bits per heavy atom. The lowest BCUT2D eigenvalue weighted by Gasteiger charge is -2.21. The Balaban J connectivity index is 1.52. The van der Waals surface area contributed by atoms with Crippen molar-refractivity contribution in [1.82, 2.24) is 10.6 Å². The van der Waals surface area contributed by atoms with Crippen LogP contribution in [0, 0.1) is 0 Å². The second kappa shape index (κ2) is 9.21. The Morgan fingerprint density at radius 1 is 0.968 bits per heavy atom. The summed E-state index contributed by atoms with van der Waals surface area (Å²) in [5.41, 5.74) is 1.37. The fraction of sp³-hybridized carbons (Fsp3) is 0.167. The zero-order valence-electron chi connectivity index (χ0n) is 17.0. The summed E-state index contributed by atoms with van der Waals surface area (Å²) in [5, 5.41) is 5.60. The molecule has 2 N–H and O–H groups in total. The van der Waals surface area contributed by atoms with Gasteiger partial charge in [-0.3, -0.25) is 9.59 Å². The smallest absolute Gasteiger partial charge is 0.268 e. The molecule has 1 aliphatic heterocycles. The number of benzene rings is 2. The summed E-state index contributed by atoms with van der Waals surface area (Å²) in [7, 11) is 0. The van der Waals surface area contributed by atoms with E-state index in [-0.39, 0.29) is 17.6 Å². The quantitative estimate of drug-likeness (QED) is 0.596. The zero-order chi connectivity index (χ0) is 21.6. The summed E-state index contributed by atoms with van der Waals surface area (Å²) < 4.78 is 16.5. The van der Waals surface area contributed by atoms with Gasteiger partial charge in [-0.25, -0.2) is 0 Å². The molecule has 0 radical (unpaired) electrons. The van der Waals surface area contributed by atoms with Crippen LogP contribution in [0.1, 0.15) is 34.6 Å². The minimum Gasteiger partial charge on any atom is -0.486 e. The molecule has 0 saturated carbocycles. The first kappa shape index (κ1) is 20.3. The Bertz CT molecular complexity index is 1090. The molecule has 0 aliphatic carbocycles. The number of hydrogen-bond donors (Lipinski definition) is 2. The minimum absolute atomic E-state index is 0.0770. The number of furan rings is 1. The number of fused-ring (bicyclic) bond motifs is 1. The van der Waals surface area contributed by atoms with Gasteiger partial charge in [0.25, 0.3) is 11.8 Å². The topological polar surface area (TPSA) is 89.8 Å². The molecule has 2 heterocycles. The van der Waals surface area contributed by atoms with E-state index in [9.17, 15) is 9.59 Å². The molecule has 2 amide bonds. The molecule has 0 fully saturated rings. The molecular formula is C24H22N2O5. The van der Waals surface area contributed by atoms with Crippen LogP contribution in [0.4, 0.5) is 0 Å². The first-order chi connectivity index (χ1) is 15.1. The van der Waals surface area contributed by atoms with Gasteiger partial charge < -0.3 is 24.5 Å². The van der Waals surface area contributed by atoms with Crippen molar-refractivity contribution in [2.75, 3.05) is 13.2 Å². The van der Waals surface area contributed by atoms with Gasteiger partial charge in [0.2, 0.25) is 0 Å². The van der Waals surface area contributed by atoms with E-state index < -0.39 is 5.91 Å². The number of ether oxygens (including phenoxy) is 2. The van der Waals surface area contributed by atoms with Crippen molar-refractivity contribution in [3.63, 3.8) is 0 Å². The van der Waals surface area contributed by atoms with Gasteiger partial charge in [0.05, 0.1) is 12.3 Å². The summed E-state index contributed by atoms with van der Waals surface area (Å²) in [6.07, 6.45) is 2.99. The third-order valence-electron chi connectivity index (χ3n) is 4.77. The van der Waals surface area contributed by atoms with Crippen LogP contribution < -0.4 is 20.1 Å². The van der Waals surface area contributed by atoms with Crippen LogP contribution in [0.5, 0.6) is 11.5 Å². The Hall–Kier alpha value is -4.00. The molecule has 1 unspecified atom stereocenters. The molecule has 3 aromatic rings. The second-order valence-corrected chi connectivity index (χ2v) is 6.99. The predicted octanol–water partition coefficient (Wildman–Crippen LogP) is 3.70. The molecule has 1 atom stereocenters. The predicted molar refractivity (Wildman–Crippen MR) is 115 cm³/mol. The average molecular weight is 418 g/mol. The molecular weight excluding hydrogens is 396 g/mol. The molecule has 1 aromatic heterocycles. The maximum atomic E-state index is 13.0. The van der Waals surface area contributed by atoms with Crippen molar-refractivity contribution in [3.8, 4) is 11.5 Å². The lowest BCUT2D eigenvalue weighted by Crippen LogP contribution is -2.36. The Labute approximate surface area is 179 Å². The van der Waals surface area contributed by atoms with Crippen LogP contribution in [0.15, 0.2) is 77.0 Å². The standard InChI is InChI=1S/C24H22N2O5/c1-16(18-9-10-21-22(14-18)31-13-12-30-21)25-24(28)20(15-19-8-5-11-29-19)26-23(27)17-6-3-2-4-7-17/h2-11,14-16H,12-13H2,1H3,(H,25,28)(H,26,27). The molecule has 2 aromatic carbocycles. The average Bonchev–Trinajstić information content (AvgIpc) is 3.32. The van der Waals surface area contributed by atoms with Crippen molar-refractivity contribution in [1.29, 1.82) is 0 Å². The van der Waals surface area contributed by atoms with Crippen LogP contribution >= 0.6 is 0 Å². The number of amides is 2. The van der Waals surface area contributed by atoms with Gasteiger partial charge in [-0.05, 0) is 48.9 Å². The highest BCUT2D eigenvalue weighted by Crippen LogP contribution is 2.32. The number of hydrogen-bond acceptors (Lipinski definition) is 5. The van der Waals surface area contributed by atoms with E-state index in [0.717, 1.165) is 5.56 Å². The highest BCUT2D eigenvalue weighted by Gasteiger charge is 2.19. The molecule has 7 heteroatoms. The highest BCUT2D eigenvalue weighted by atomic mass is 16.6. The third kappa shape index (κ3) is 4.95. The summed E-state index contributed by atoms with van der Waals surface area (Å²) in [5.74, 6) is 0.949. The van der Waals surface area contributed by atoms with Gasteiger partial charge in [0.1, 0.15) is 24.7 Å². The number of carbonyl (C=O) groups excluding carboxylic acids is 2. The minimum atomic E-state index is -0.442. The largest absolute Gasteiger partial charge is 0.486 e. The summed E-state index contributed by atoms with van der Waals surface area (Å²) in [4.78, 5) is 25.6. The fourth-order valence-corrected chi connectivity index (χ4v) is 3.15. The fourth-order valence-electron chi connectivity index (χ4n) is 3.15. The van der Waals surface area contributed by atoms with Gasteiger partial charge in [-0.15, -0.1) is 0 Å².